The lowest BCUT2D eigenvalue weighted by Gasteiger charge is -2.27. The predicted molar refractivity (Wildman–Crippen MR) is 83.1 cm³/mol. The zero-order valence-corrected chi connectivity index (χ0v) is 12.7. The minimum Gasteiger partial charge on any atom is -0.453 e. The third-order valence-electron chi connectivity index (χ3n) is 2.84. The van der Waals surface area contributed by atoms with Crippen LogP contribution in [0.15, 0.2) is 35.1 Å². The number of hydrogen-bond acceptors (Lipinski definition) is 5. The maximum absolute atomic E-state index is 11.2. The van der Waals surface area contributed by atoms with Crippen LogP contribution in [-0.2, 0) is 4.74 Å². The molecule has 1 aromatic carbocycles. The first kappa shape index (κ1) is 14.6. The lowest BCUT2D eigenvalue weighted by atomic mass is 10.2. The highest BCUT2D eigenvalue weighted by Crippen LogP contribution is 2.34. The van der Waals surface area contributed by atoms with E-state index in [1.54, 1.807) is 0 Å². The van der Waals surface area contributed by atoms with Gasteiger partial charge in [0, 0.05) is 18.1 Å². The van der Waals surface area contributed by atoms with Gasteiger partial charge in [0.25, 0.3) is 0 Å². The molecule has 5 nitrogen and oxygen atoms in total. The lowest BCUT2D eigenvalue weighted by molar-refractivity contribution is 0.174. The predicted octanol–water partition coefficient (Wildman–Crippen LogP) is 3.21. The molecule has 0 bridgehead atoms. The monoisotopic (exact) mass is 293 g/mol. The van der Waals surface area contributed by atoms with Crippen LogP contribution in [-0.4, -0.2) is 26.0 Å². The van der Waals surface area contributed by atoms with Crippen molar-refractivity contribution in [3.05, 3.63) is 30.2 Å². The van der Waals surface area contributed by atoms with E-state index in [1.807, 2.05) is 36.0 Å². The summed E-state index contributed by atoms with van der Waals surface area (Å²) >= 11 is 1.85. The number of ether oxygens (including phenoxy) is 1. The van der Waals surface area contributed by atoms with E-state index >= 15 is 0 Å². The number of thioether (sulfide) groups is 1. The molecule has 0 atom stereocenters. The summed E-state index contributed by atoms with van der Waals surface area (Å²) in [6.45, 7) is 2.17. The van der Waals surface area contributed by atoms with Crippen molar-refractivity contribution in [2.45, 2.75) is 18.2 Å². The molecule has 2 N–H and O–H groups in total. The van der Waals surface area contributed by atoms with E-state index in [4.69, 9.17) is 0 Å². The van der Waals surface area contributed by atoms with Gasteiger partial charge >= 0.3 is 6.09 Å². The van der Waals surface area contributed by atoms with Crippen LogP contribution >= 0.6 is 11.8 Å². The van der Waals surface area contributed by atoms with E-state index in [-0.39, 0.29) is 0 Å². The summed E-state index contributed by atoms with van der Waals surface area (Å²) in [4.78, 5) is 14.5. The van der Waals surface area contributed by atoms with Crippen molar-refractivity contribution in [3.63, 3.8) is 0 Å². The average molecular weight is 293 g/mol. The fraction of sp³-hybridized carbons (Fsp3) is 0.357. The third-order valence-corrected chi connectivity index (χ3v) is 4.04. The van der Waals surface area contributed by atoms with Crippen LogP contribution in [0.1, 0.15) is 13.3 Å². The highest BCUT2D eigenvalue weighted by atomic mass is 32.2. The number of benzene rings is 1. The molecule has 1 aliphatic rings. The first-order valence-electron chi connectivity index (χ1n) is 6.47. The summed E-state index contributed by atoms with van der Waals surface area (Å²) in [5.74, 6) is 1.71. The Hall–Kier alpha value is -1.82. The lowest BCUT2D eigenvalue weighted by Crippen LogP contribution is -2.31. The number of hydrogen-bond donors (Lipinski definition) is 2. The Morgan fingerprint density at radius 3 is 3.00 bits per heavy atom. The van der Waals surface area contributed by atoms with Gasteiger partial charge in [0.05, 0.1) is 18.5 Å². The minimum absolute atomic E-state index is 0.490. The van der Waals surface area contributed by atoms with Crippen molar-refractivity contribution in [1.82, 2.24) is 5.32 Å². The van der Waals surface area contributed by atoms with Gasteiger partial charge in [0.1, 0.15) is 5.82 Å². The summed E-state index contributed by atoms with van der Waals surface area (Å²) in [6, 6.07) is 6.25. The molecule has 0 aliphatic carbocycles. The molecule has 0 fully saturated rings. The number of methoxy groups -OCH3 is 1. The van der Waals surface area contributed by atoms with Crippen LogP contribution in [0.5, 0.6) is 0 Å². The Bertz CT molecular complexity index is 531. The van der Waals surface area contributed by atoms with E-state index in [0.717, 1.165) is 23.5 Å². The smallest absolute Gasteiger partial charge is 0.412 e. The zero-order valence-electron chi connectivity index (χ0n) is 11.9. The van der Waals surface area contributed by atoms with Crippen molar-refractivity contribution < 1.29 is 9.53 Å². The first-order valence-corrected chi connectivity index (χ1v) is 7.46. The third kappa shape index (κ3) is 3.39. The van der Waals surface area contributed by atoms with Gasteiger partial charge in [0.15, 0.2) is 0 Å². The topological polar surface area (TPSA) is 53.6 Å². The molecule has 108 valence electrons. The van der Waals surface area contributed by atoms with Crippen LogP contribution in [0.4, 0.5) is 16.2 Å². The molecular formula is C14H19N3O2S. The van der Waals surface area contributed by atoms with Gasteiger partial charge in [0.2, 0.25) is 0 Å². The number of carbonyl (C=O) groups is 1. The summed E-state index contributed by atoms with van der Waals surface area (Å²) in [5, 5.41) is 5.80. The largest absolute Gasteiger partial charge is 0.453 e. The number of fused-ring (bicyclic) bond motifs is 1. The second kappa shape index (κ2) is 6.56. The number of amides is 1. The molecule has 0 saturated heterocycles. The Morgan fingerprint density at radius 1 is 1.50 bits per heavy atom. The molecule has 0 aromatic heterocycles. The van der Waals surface area contributed by atoms with Gasteiger partial charge in [-0.05, 0) is 30.4 Å². The second-order valence-electron chi connectivity index (χ2n) is 4.42. The molecule has 1 heterocycles. The van der Waals surface area contributed by atoms with Crippen molar-refractivity contribution in [1.29, 1.82) is 0 Å². The van der Waals surface area contributed by atoms with Gasteiger partial charge in [-0.25, -0.2) is 4.79 Å². The summed E-state index contributed by atoms with van der Waals surface area (Å²) in [5.41, 5.74) is 2.05. The van der Waals surface area contributed by atoms with Crippen LogP contribution in [0, 0.1) is 0 Å². The van der Waals surface area contributed by atoms with E-state index < -0.39 is 6.09 Å². The number of rotatable bonds is 4. The van der Waals surface area contributed by atoms with E-state index in [9.17, 15) is 4.79 Å². The number of nitrogens with zero attached hydrogens (tertiary/aromatic N) is 1. The summed E-state index contributed by atoms with van der Waals surface area (Å²) in [7, 11) is 3.29. The van der Waals surface area contributed by atoms with Crippen molar-refractivity contribution in [2.24, 2.45) is 0 Å². The Labute approximate surface area is 123 Å². The van der Waals surface area contributed by atoms with E-state index in [0.29, 0.717) is 5.82 Å². The molecule has 1 amide bonds. The van der Waals surface area contributed by atoms with Crippen molar-refractivity contribution in [2.75, 3.05) is 30.1 Å². The number of alkyl carbamates (subject to hydrolysis) is 1. The Kier molecular flexibility index (Phi) is 4.79. The van der Waals surface area contributed by atoms with Gasteiger partial charge in [-0.1, -0.05) is 6.92 Å². The highest BCUT2D eigenvalue weighted by Gasteiger charge is 2.16. The number of carbonyl (C=O) groups excluding carboxylic acids is 1. The fourth-order valence-corrected chi connectivity index (χ4v) is 2.68. The number of nitrogens with one attached hydrogen (secondary N) is 2. The Balaban J connectivity index is 2.14. The molecule has 20 heavy (non-hydrogen) atoms. The van der Waals surface area contributed by atoms with Crippen molar-refractivity contribution in [3.8, 4) is 0 Å². The van der Waals surface area contributed by atoms with E-state index in [2.05, 4.69) is 34.4 Å². The quantitative estimate of drug-likeness (QED) is 0.835. The average Bonchev–Trinajstić information content (AvgIpc) is 2.45. The molecule has 0 spiro atoms. The van der Waals surface area contributed by atoms with Crippen molar-refractivity contribution >= 4 is 29.2 Å². The molecule has 0 unspecified atom stereocenters. The van der Waals surface area contributed by atoms with Crippen LogP contribution in [0.25, 0.3) is 0 Å². The normalized spacial score (nSPS) is 13.2. The van der Waals surface area contributed by atoms with Gasteiger partial charge < -0.3 is 15.0 Å². The molecule has 1 aromatic rings. The highest BCUT2D eigenvalue weighted by molar-refractivity contribution is 7.99. The van der Waals surface area contributed by atoms with Gasteiger partial charge in [-0.3, -0.25) is 5.32 Å². The van der Waals surface area contributed by atoms with Crippen LogP contribution in [0.2, 0.25) is 0 Å². The number of anilines is 2. The molecule has 0 radical (unpaired) electrons. The molecule has 6 heteroatoms. The standard InChI is InChI=1S/C14H19N3O2S/c1-4-7-20-10-5-6-11-12(8-10)17(2)9-13(15-11)16-14(18)19-3/h5-6,8-9,15H,4,7H2,1-3H3,(H,16,18). The molecular weight excluding hydrogens is 274 g/mol. The summed E-state index contributed by atoms with van der Waals surface area (Å²) < 4.78 is 4.59. The zero-order chi connectivity index (χ0) is 14.5. The van der Waals surface area contributed by atoms with Gasteiger partial charge in [-0.15, -0.1) is 11.8 Å². The SMILES string of the molecule is CCCSc1ccc2c(c1)N(C)C=C(NC(=O)OC)N2. The van der Waals surface area contributed by atoms with Crippen LogP contribution < -0.4 is 15.5 Å². The maximum atomic E-state index is 11.2. The second-order valence-corrected chi connectivity index (χ2v) is 5.59. The fourth-order valence-electron chi connectivity index (χ4n) is 1.88. The molecule has 2 rings (SSSR count). The Morgan fingerprint density at radius 2 is 2.30 bits per heavy atom. The summed E-state index contributed by atoms with van der Waals surface area (Å²) in [6.07, 6.45) is 2.49. The van der Waals surface area contributed by atoms with Gasteiger partial charge in [-0.2, -0.15) is 0 Å². The maximum Gasteiger partial charge on any atom is 0.412 e. The van der Waals surface area contributed by atoms with Crippen LogP contribution in [0.3, 0.4) is 0 Å². The molecule has 1 aliphatic heterocycles. The van der Waals surface area contributed by atoms with E-state index in [1.165, 1.54) is 12.0 Å². The minimum atomic E-state index is -0.490. The first-order chi connectivity index (χ1) is 9.63. The molecule has 0 saturated carbocycles.